The van der Waals surface area contributed by atoms with Crippen LogP contribution in [0.1, 0.15) is 16.8 Å². The van der Waals surface area contributed by atoms with Gasteiger partial charge in [0.15, 0.2) is 0 Å². The summed E-state index contributed by atoms with van der Waals surface area (Å²) in [6, 6.07) is 3.53. The number of nitrogens with zero attached hydrogens (tertiary/aromatic N) is 2. The van der Waals surface area contributed by atoms with Crippen molar-refractivity contribution in [1.29, 1.82) is 0 Å². The van der Waals surface area contributed by atoms with Gasteiger partial charge in [0.05, 0.1) is 19.8 Å². The minimum absolute atomic E-state index is 0.106. The van der Waals surface area contributed by atoms with Crippen LogP contribution in [-0.2, 0) is 9.53 Å². The Labute approximate surface area is 152 Å². The Hall–Kier alpha value is -2.36. The molecule has 0 spiro atoms. The lowest BCUT2D eigenvalue weighted by Gasteiger charge is -2.32. The van der Waals surface area contributed by atoms with Gasteiger partial charge in [0, 0.05) is 25.1 Å². The van der Waals surface area contributed by atoms with E-state index in [-0.39, 0.29) is 24.4 Å². The molecule has 1 aromatic carbocycles. The molecule has 10 heteroatoms. The average Bonchev–Trinajstić information content (AvgIpc) is 3.01. The van der Waals surface area contributed by atoms with Crippen molar-refractivity contribution >= 4 is 11.8 Å². The van der Waals surface area contributed by atoms with Crippen LogP contribution in [0.15, 0.2) is 24.3 Å². The maximum Gasteiger partial charge on any atom is 0.573 e. The van der Waals surface area contributed by atoms with Gasteiger partial charge in [-0.2, -0.15) is 0 Å². The Bertz CT molecular complexity index is 706. The Kier molecular flexibility index (Phi) is 5.54. The number of benzene rings is 1. The maximum absolute atomic E-state index is 14.0. The number of halogens is 4. The zero-order valence-electron chi connectivity index (χ0n) is 14.2. The van der Waals surface area contributed by atoms with Gasteiger partial charge in [-0.1, -0.05) is 6.07 Å². The monoisotopic (exact) mass is 390 g/mol. The van der Waals surface area contributed by atoms with Crippen molar-refractivity contribution < 1.29 is 36.6 Å². The van der Waals surface area contributed by atoms with Crippen molar-refractivity contribution in [3.05, 3.63) is 29.8 Å². The summed E-state index contributed by atoms with van der Waals surface area (Å²) in [5, 5.41) is 0. The summed E-state index contributed by atoms with van der Waals surface area (Å²) in [5.74, 6) is -1.65. The van der Waals surface area contributed by atoms with Crippen molar-refractivity contribution in [2.24, 2.45) is 0 Å². The first-order valence-electron chi connectivity index (χ1n) is 8.42. The Morgan fingerprint density at radius 2 is 1.89 bits per heavy atom. The third kappa shape index (κ3) is 4.68. The van der Waals surface area contributed by atoms with E-state index in [0.717, 1.165) is 17.0 Å². The lowest BCUT2D eigenvalue weighted by atomic mass is 10.1. The minimum atomic E-state index is -4.89. The van der Waals surface area contributed by atoms with Gasteiger partial charge in [0.2, 0.25) is 5.91 Å². The van der Waals surface area contributed by atoms with Crippen molar-refractivity contribution in [2.75, 3.05) is 32.8 Å². The van der Waals surface area contributed by atoms with E-state index in [1.165, 1.54) is 17.0 Å². The van der Waals surface area contributed by atoms with Crippen LogP contribution in [0.5, 0.6) is 5.75 Å². The summed E-state index contributed by atoms with van der Waals surface area (Å²) in [4.78, 5) is 28.0. The molecule has 2 unspecified atom stereocenters. The predicted octanol–water partition coefficient (Wildman–Crippen LogP) is 2.00. The normalized spacial score (nSPS) is 23.4. The van der Waals surface area contributed by atoms with Gasteiger partial charge in [-0.3, -0.25) is 9.59 Å². The molecule has 2 amide bonds. The molecule has 0 aromatic heterocycles. The van der Waals surface area contributed by atoms with Gasteiger partial charge in [0.25, 0.3) is 5.91 Å². The second-order valence-corrected chi connectivity index (χ2v) is 6.32. The van der Waals surface area contributed by atoms with Gasteiger partial charge < -0.3 is 19.3 Å². The lowest BCUT2D eigenvalue weighted by Crippen LogP contribution is -2.51. The number of hydrogen-bond acceptors (Lipinski definition) is 4. The number of alkyl halides is 4. The van der Waals surface area contributed by atoms with E-state index in [1.807, 2.05) is 0 Å². The van der Waals surface area contributed by atoms with E-state index < -0.39 is 30.2 Å². The molecule has 0 radical (unpaired) electrons. The summed E-state index contributed by atoms with van der Waals surface area (Å²) in [6.45, 7) is 1.14. The summed E-state index contributed by atoms with van der Waals surface area (Å²) in [5.41, 5.74) is -0.106. The number of hydrogen-bond donors (Lipinski definition) is 0. The van der Waals surface area contributed by atoms with E-state index in [2.05, 4.69) is 4.74 Å². The molecule has 6 nitrogen and oxygen atoms in total. The lowest BCUT2D eigenvalue weighted by molar-refractivity contribution is -0.274. The number of likely N-dealkylation sites (tertiary alicyclic amines) is 1. The highest BCUT2D eigenvalue weighted by Crippen LogP contribution is 2.27. The molecule has 1 aromatic rings. The fourth-order valence-electron chi connectivity index (χ4n) is 3.23. The molecular weight excluding hydrogens is 372 g/mol. The molecule has 2 heterocycles. The van der Waals surface area contributed by atoms with Crippen LogP contribution in [0.25, 0.3) is 0 Å². The van der Waals surface area contributed by atoms with E-state index >= 15 is 0 Å². The molecular formula is C17H18F4N2O4. The summed E-state index contributed by atoms with van der Waals surface area (Å²) >= 11 is 0. The summed E-state index contributed by atoms with van der Waals surface area (Å²) in [7, 11) is 0. The molecule has 0 aliphatic carbocycles. The van der Waals surface area contributed by atoms with Crippen LogP contribution in [0, 0.1) is 0 Å². The molecule has 0 N–H and O–H groups in total. The highest BCUT2D eigenvalue weighted by atomic mass is 19.4. The molecule has 2 atom stereocenters. The Morgan fingerprint density at radius 1 is 1.19 bits per heavy atom. The van der Waals surface area contributed by atoms with Crippen molar-refractivity contribution in [3.8, 4) is 5.75 Å². The molecule has 3 rings (SSSR count). The van der Waals surface area contributed by atoms with Crippen LogP contribution in [0.4, 0.5) is 17.6 Å². The fourth-order valence-corrected chi connectivity index (χ4v) is 3.23. The summed E-state index contributed by atoms with van der Waals surface area (Å²) in [6.07, 6.45) is -6.41. The number of amides is 2. The number of ether oxygens (including phenoxy) is 2. The minimum Gasteiger partial charge on any atom is -0.406 e. The molecule has 27 heavy (non-hydrogen) atoms. The van der Waals surface area contributed by atoms with Crippen LogP contribution in [0.2, 0.25) is 0 Å². The first-order chi connectivity index (χ1) is 12.7. The van der Waals surface area contributed by atoms with E-state index in [1.54, 1.807) is 0 Å². The van der Waals surface area contributed by atoms with Gasteiger partial charge >= 0.3 is 6.36 Å². The predicted molar refractivity (Wildman–Crippen MR) is 84.9 cm³/mol. The SMILES string of the molecule is O=C(C1CC(F)CN1C(=O)c1cccc(OC(F)(F)F)c1)N1CCOCC1. The number of carbonyl (C=O) groups is 2. The fraction of sp³-hybridized carbons (Fsp3) is 0.529. The van der Waals surface area contributed by atoms with Crippen LogP contribution < -0.4 is 4.74 Å². The number of rotatable bonds is 3. The maximum atomic E-state index is 14.0. The van der Waals surface area contributed by atoms with E-state index in [0.29, 0.717) is 26.3 Å². The van der Waals surface area contributed by atoms with Gasteiger partial charge in [-0.15, -0.1) is 13.2 Å². The molecule has 0 saturated carbocycles. The van der Waals surface area contributed by atoms with Crippen LogP contribution in [0.3, 0.4) is 0 Å². The second kappa shape index (κ2) is 7.71. The van der Waals surface area contributed by atoms with Crippen LogP contribution >= 0.6 is 0 Å². The Morgan fingerprint density at radius 3 is 2.56 bits per heavy atom. The zero-order valence-corrected chi connectivity index (χ0v) is 14.2. The Balaban J connectivity index is 1.77. The van der Waals surface area contributed by atoms with Crippen molar-refractivity contribution in [3.63, 3.8) is 0 Å². The molecule has 2 aliphatic heterocycles. The first kappa shape index (κ1) is 19.4. The van der Waals surface area contributed by atoms with Crippen molar-refractivity contribution in [2.45, 2.75) is 25.0 Å². The number of carbonyl (C=O) groups excluding carboxylic acids is 2. The highest BCUT2D eigenvalue weighted by molar-refractivity contribution is 5.98. The average molecular weight is 390 g/mol. The second-order valence-electron chi connectivity index (χ2n) is 6.32. The topological polar surface area (TPSA) is 59.1 Å². The molecule has 2 aliphatic rings. The number of morpholine rings is 1. The third-order valence-corrected chi connectivity index (χ3v) is 4.43. The standard InChI is InChI=1S/C17H18F4N2O4/c18-12-9-14(16(25)22-4-6-26-7-5-22)23(10-12)15(24)11-2-1-3-13(8-11)27-17(19,20)21/h1-3,8,12,14H,4-7,9-10H2. The summed E-state index contributed by atoms with van der Waals surface area (Å²) < 4.78 is 60.1. The van der Waals surface area contributed by atoms with Crippen molar-refractivity contribution in [1.82, 2.24) is 9.80 Å². The van der Waals surface area contributed by atoms with Crippen LogP contribution in [-0.4, -0.2) is 73.0 Å². The molecule has 2 saturated heterocycles. The third-order valence-electron chi connectivity index (χ3n) is 4.43. The smallest absolute Gasteiger partial charge is 0.406 e. The van der Waals surface area contributed by atoms with Gasteiger partial charge in [0.1, 0.15) is 18.0 Å². The highest BCUT2D eigenvalue weighted by Gasteiger charge is 2.42. The molecule has 0 bridgehead atoms. The largest absolute Gasteiger partial charge is 0.573 e. The quantitative estimate of drug-likeness (QED) is 0.741. The first-order valence-corrected chi connectivity index (χ1v) is 8.42. The molecule has 2 fully saturated rings. The van der Waals surface area contributed by atoms with Gasteiger partial charge in [-0.05, 0) is 18.2 Å². The van der Waals surface area contributed by atoms with Gasteiger partial charge in [-0.25, -0.2) is 4.39 Å². The van der Waals surface area contributed by atoms with E-state index in [4.69, 9.17) is 4.74 Å². The molecule has 148 valence electrons. The van der Waals surface area contributed by atoms with E-state index in [9.17, 15) is 27.2 Å². The zero-order chi connectivity index (χ0) is 19.6.